The Morgan fingerprint density at radius 3 is 2.29 bits per heavy atom. The Kier molecular flexibility index (Phi) is 7.94. The zero-order valence-corrected chi connectivity index (χ0v) is 24.8. The molecule has 0 radical (unpaired) electrons. The minimum Gasteiger partial charge on any atom is -0.481 e. The number of nitrogens with zero attached hydrogens (tertiary/aromatic N) is 3. The minimum atomic E-state index is -1.35. The first-order valence-corrected chi connectivity index (χ1v) is 14.8. The Morgan fingerprint density at radius 1 is 1.12 bits per heavy atom. The predicted molar refractivity (Wildman–Crippen MR) is 160 cm³/mol. The Hall–Kier alpha value is -3.69. The molecular formula is C33H41N3O6. The second kappa shape index (κ2) is 11.2. The molecule has 0 saturated carbocycles. The first kappa shape index (κ1) is 29.8. The molecule has 0 aromatic heterocycles. The summed E-state index contributed by atoms with van der Waals surface area (Å²) in [4.78, 5) is 47.2. The molecule has 9 nitrogen and oxygen atoms in total. The molecule has 42 heavy (non-hydrogen) atoms. The summed E-state index contributed by atoms with van der Waals surface area (Å²) in [5, 5.41) is 21.0. The van der Waals surface area contributed by atoms with Gasteiger partial charge in [0.1, 0.15) is 17.6 Å². The summed E-state index contributed by atoms with van der Waals surface area (Å²) in [6.45, 7) is 13.1. The van der Waals surface area contributed by atoms with E-state index in [0.29, 0.717) is 17.7 Å². The molecule has 0 aliphatic carbocycles. The van der Waals surface area contributed by atoms with Crippen molar-refractivity contribution in [2.45, 2.75) is 57.4 Å². The number of aliphatic hydroxyl groups excluding tert-OH is 1. The number of benzene rings is 2. The Labute approximate surface area is 247 Å². The second-order valence-electron chi connectivity index (χ2n) is 11.8. The fraction of sp³-hybridized carbons (Fsp3) is 0.485. The SMILES string of the molecule is C=CCN(C(=O)C1N([C@H](CO)c2ccccc2)C(=O)[C@@H]2[C@@H](C(=O)O)[C@]3(C)OC12CC3C)c1ccc(N(CC)CC)cc1. The second-order valence-corrected chi connectivity index (χ2v) is 11.8. The summed E-state index contributed by atoms with van der Waals surface area (Å²) in [6.07, 6.45) is 1.98. The van der Waals surface area contributed by atoms with Crippen molar-refractivity contribution in [3.8, 4) is 0 Å². The number of carbonyl (C=O) groups is 3. The molecule has 3 heterocycles. The van der Waals surface area contributed by atoms with Gasteiger partial charge in [-0.1, -0.05) is 43.3 Å². The van der Waals surface area contributed by atoms with E-state index in [1.54, 1.807) is 42.2 Å². The topological polar surface area (TPSA) is 111 Å². The number of fused-ring (bicyclic) bond motifs is 1. The molecule has 5 rings (SSSR count). The van der Waals surface area contributed by atoms with Crippen LogP contribution >= 0.6 is 0 Å². The van der Waals surface area contributed by atoms with Crippen LogP contribution in [0.1, 0.15) is 45.7 Å². The third kappa shape index (κ3) is 4.32. The summed E-state index contributed by atoms with van der Waals surface area (Å²) in [5.41, 5.74) is -0.146. The van der Waals surface area contributed by atoms with Crippen LogP contribution in [0, 0.1) is 17.8 Å². The lowest BCUT2D eigenvalue weighted by Gasteiger charge is -2.39. The van der Waals surface area contributed by atoms with E-state index < -0.39 is 59.5 Å². The third-order valence-corrected chi connectivity index (χ3v) is 9.81. The molecule has 3 aliphatic rings. The molecule has 2 N–H and O–H groups in total. The van der Waals surface area contributed by atoms with E-state index in [-0.39, 0.29) is 12.5 Å². The van der Waals surface area contributed by atoms with Crippen molar-refractivity contribution in [1.82, 2.24) is 4.90 Å². The minimum absolute atomic E-state index is 0.174. The Balaban J connectivity index is 1.64. The summed E-state index contributed by atoms with van der Waals surface area (Å²) in [7, 11) is 0. The van der Waals surface area contributed by atoms with Crippen LogP contribution in [0.25, 0.3) is 0 Å². The maximum Gasteiger partial charge on any atom is 0.310 e. The number of ether oxygens (including phenoxy) is 1. The van der Waals surface area contributed by atoms with Gasteiger partial charge in [0.2, 0.25) is 5.91 Å². The van der Waals surface area contributed by atoms with Crippen LogP contribution in [0.2, 0.25) is 0 Å². The fourth-order valence-electron chi connectivity index (χ4n) is 7.73. The van der Waals surface area contributed by atoms with Crippen molar-refractivity contribution in [3.05, 3.63) is 72.8 Å². The molecule has 2 bridgehead atoms. The van der Waals surface area contributed by atoms with E-state index >= 15 is 0 Å². The van der Waals surface area contributed by atoms with Crippen molar-refractivity contribution >= 4 is 29.2 Å². The smallest absolute Gasteiger partial charge is 0.310 e. The van der Waals surface area contributed by atoms with E-state index in [1.165, 1.54) is 4.90 Å². The zero-order chi connectivity index (χ0) is 30.4. The molecule has 224 valence electrons. The average Bonchev–Trinajstić information content (AvgIpc) is 3.50. The van der Waals surface area contributed by atoms with Crippen LogP contribution < -0.4 is 9.80 Å². The summed E-state index contributed by atoms with van der Waals surface area (Å²) in [6, 6.07) is 14.7. The van der Waals surface area contributed by atoms with Gasteiger partial charge in [-0.3, -0.25) is 14.4 Å². The molecule has 1 spiro atoms. The average molecular weight is 576 g/mol. The monoisotopic (exact) mass is 575 g/mol. The van der Waals surface area contributed by atoms with Gasteiger partial charge in [-0.2, -0.15) is 0 Å². The van der Waals surface area contributed by atoms with E-state index in [2.05, 4.69) is 25.3 Å². The standard InChI is InChI=1S/C33H41N3O6/c1-6-18-35(24-16-14-23(15-17-24)34(7-2)8-3)30(39)28-33-19-21(4)32(5,42-33)27(31(40)41)26(33)29(38)36(28)25(20-37)22-12-10-9-11-13-22/h6,9-17,21,25-28,37H,1,7-8,18-20H2,2-5H3,(H,40,41)/t21?,25-,26+,27+,28?,32-,33?/m1/s1. The molecular weight excluding hydrogens is 534 g/mol. The van der Waals surface area contributed by atoms with Crippen LogP contribution in [0.15, 0.2) is 67.3 Å². The van der Waals surface area contributed by atoms with Crippen molar-refractivity contribution < 1.29 is 29.3 Å². The van der Waals surface area contributed by atoms with Gasteiger partial charge in [0.15, 0.2) is 0 Å². The molecule has 7 atom stereocenters. The quantitative estimate of drug-likeness (QED) is 0.391. The lowest BCUT2D eigenvalue weighted by molar-refractivity contribution is -0.157. The largest absolute Gasteiger partial charge is 0.481 e. The molecule has 9 heteroatoms. The molecule has 3 unspecified atom stereocenters. The number of anilines is 2. The number of aliphatic carboxylic acids is 1. The van der Waals surface area contributed by atoms with Crippen LogP contribution in [-0.2, 0) is 19.1 Å². The fourth-order valence-corrected chi connectivity index (χ4v) is 7.73. The lowest BCUT2D eigenvalue weighted by Crippen LogP contribution is -2.57. The van der Waals surface area contributed by atoms with Gasteiger partial charge in [0, 0.05) is 31.0 Å². The van der Waals surface area contributed by atoms with Gasteiger partial charge in [-0.15, -0.1) is 6.58 Å². The highest BCUT2D eigenvalue weighted by Crippen LogP contribution is 2.66. The molecule has 2 aromatic carbocycles. The van der Waals surface area contributed by atoms with Gasteiger partial charge >= 0.3 is 5.97 Å². The normalized spacial score (nSPS) is 30.2. The van der Waals surface area contributed by atoms with E-state index in [4.69, 9.17) is 4.74 Å². The number of hydrogen-bond donors (Lipinski definition) is 2. The lowest BCUT2D eigenvalue weighted by atomic mass is 9.62. The summed E-state index contributed by atoms with van der Waals surface area (Å²) < 4.78 is 6.66. The Morgan fingerprint density at radius 2 is 1.74 bits per heavy atom. The van der Waals surface area contributed by atoms with Crippen molar-refractivity contribution in [3.63, 3.8) is 0 Å². The van der Waals surface area contributed by atoms with Crippen molar-refractivity contribution in [2.75, 3.05) is 36.0 Å². The summed E-state index contributed by atoms with van der Waals surface area (Å²) >= 11 is 0. The van der Waals surface area contributed by atoms with E-state index in [0.717, 1.165) is 18.8 Å². The Bertz CT molecular complexity index is 1350. The molecule has 2 amide bonds. The molecule has 3 aliphatic heterocycles. The summed E-state index contributed by atoms with van der Waals surface area (Å²) in [5.74, 6) is -4.37. The van der Waals surface area contributed by atoms with Crippen LogP contribution in [-0.4, -0.2) is 76.4 Å². The molecule has 3 saturated heterocycles. The highest BCUT2D eigenvalue weighted by molar-refractivity contribution is 6.05. The first-order chi connectivity index (χ1) is 20.1. The van der Waals surface area contributed by atoms with E-state index in [1.807, 2.05) is 37.3 Å². The third-order valence-electron chi connectivity index (χ3n) is 9.81. The van der Waals surface area contributed by atoms with Gasteiger partial charge in [-0.25, -0.2) is 0 Å². The zero-order valence-electron chi connectivity index (χ0n) is 24.8. The highest BCUT2D eigenvalue weighted by Gasteiger charge is 2.80. The van der Waals surface area contributed by atoms with Crippen molar-refractivity contribution in [1.29, 1.82) is 0 Å². The number of carboxylic acids is 1. The van der Waals surface area contributed by atoms with Gasteiger partial charge in [0.25, 0.3) is 5.91 Å². The number of amides is 2. The van der Waals surface area contributed by atoms with E-state index in [9.17, 15) is 24.6 Å². The number of carbonyl (C=O) groups excluding carboxylic acids is 2. The number of rotatable bonds is 11. The van der Waals surface area contributed by atoms with Gasteiger partial charge in [0.05, 0.1) is 24.2 Å². The van der Waals surface area contributed by atoms with Crippen molar-refractivity contribution in [2.24, 2.45) is 17.8 Å². The maximum atomic E-state index is 14.9. The predicted octanol–water partition coefficient (Wildman–Crippen LogP) is 3.88. The van der Waals surface area contributed by atoms with Gasteiger partial charge in [-0.05, 0) is 62.9 Å². The molecule has 2 aromatic rings. The van der Waals surface area contributed by atoms with Crippen LogP contribution in [0.3, 0.4) is 0 Å². The van der Waals surface area contributed by atoms with Gasteiger partial charge < -0.3 is 29.6 Å². The molecule has 3 fully saturated rings. The highest BCUT2D eigenvalue weighted by atomic mass is 16.5. The van der Waals surface area contributed by atoms with Crippen LogP contribution in [0.4, 0.5) is 11.4 Å². The number of aliphatic hydroxyl groups is 1. The number of carboxylic acid groups (broad SMARTS) is 1. The first-order valence-electron chi connectivity index (χ1n) is 14.8. The maximum absolute atomic E-state index is 14.9. The van der Waals surface area contributed by atoms with Crippen LogP contribution in [0.5, 0.6) is 0 Å². The number of hydrogen-bond acceptors (Lipinski definition) is 6. The number of likely N-dealkylation sites (tertiary alicyclic amines) is 1.